The molecular formula is C25H21ClN4O3S. The van der Waals surface area contributed by atoms with Gasteiger partial charge in [0, 0.05) is 21.2 Å². The van der Waals surface area contributed by atoms with Crippen molar-refractivity contribution < 1.29 is 13.7 Å². The van der Waals surface area contributed by atoms with Crippen molar-refractivity contribution in [1.82, 2.24) is 20.4 Å². The minimum absolute atomic E-state index is 0.245. The first-order valence-electron chi connectivity index (χ1n) is 10.6. The average Bonchev–Trinajstić information content (AvgIpc) is 3.54. The van der Waals surface area contributed by atoms with Gasteiger partial charge in [-0.1, -0.05) is 28.9 Å². The highest BCUT2D eigenvalue weighted by molar-refractivity contribution is 7.98. The summed E-state index contributed by atoms with van der Waals surface area (Å²) in [6, 6.07) is 18.2. The van der Waals surface area contributed by atoms with Gasteiger partial charge in [-0.15, -0.1) is 11.8 Å². The third kappa shape index (κ3) is 4.34. The van der Waals surface area contributed by atoms with E-state index in [1.54, 1.807) is 41.1 Å². The van der Waals surface area contributed by atoms with Gasteiger partial charge in [-0.05, 0) is 67.3 Å². The second-order valence-corrected chi connectivity index (χ2v) is 9.07. The van der Waals surface area contributed by atoms with Gasteiger partial charge in [-0.3, -0.25) is 4.90 Å². The molecule has 172 valence electrons. The van der Waals surface area contributed by atoms with E-state index >= 15 is 0 Å². The average molecular weight is 493 g/mol. The van der Waals surface area contributed by atoms with Crippen molar-refractivity contribution >= 4 is 35.0 Å². The molecule has 0 bridgehead atoms. The number of benzene rings is 2. The van der Waals surface area contributed by atoms with Gasteiger partial charge >= 0.3 is 6.03 Å². The van der Waals surface area contributed by atoms with Gasteiger partial charge in [-0.25, -0.2) is 4.79 Å². The van der Waals surface area contributed by atoms with E-state index in [0.29, 0.717) is 33.8 Å². The van der Waals surface area contributed by atoms with Crippen LogP contribution in [0, 0.1) is 0 Å². The summed E-state index contributed by atoms with van der Waals surface area (Å²) in [5, 5.41) is 7.90. The van der Waals surface area contributed by atoms with Crippen molar-refractivity contribution in [1.29, 1.82) is 0 Å². The zero-order valence-corrected chi connectivity index (χ0v) is 20.1. The first kappa shape index (κ1) is 22.3. The van der Waals surface area contributed by atoms with Crippen LogP contribution in [0.25, 0.3) is 17.0 Å². The van der Waals surface area contributed by atoms with Crippen LogP contribution in [0.3, 0.4) is 0 Å². The number of hydrogen-bond donors (Lipinski definition) is 1. The molecule has 1 unspecified atom stereocenters. The van der Waals surface area contributed by atoms with Gasteiger partial charge in [0.05, 0.1) is 24.4 Å². The molecule has 2 aromatic carbocycles. The summed E-state index contributed by atoms with van der Waals surface area (Å²) in [4.78, 5) is 20.5. The molecule has 4 aromatic rings. The molecule has 0 aliphatic carbocycles. The quantitative estimate of drug-likeness (QED) is 0.313. The smallest absolute Gasteiger partial charge is 0.322 e. The molecule has 3 heterocycles. The number of halogens is 1. The number of rotatable bonds is 6. The standard InChI is InChI=1S/C25H21ClN4O3S/c1-15-21(24-28-23(29-33-24)17-7-11-20(34-2)12-8-17)22(16-5-9-18(26)10-6-16)27-25(31)30(15)14-19-4-3-13-32-19/h3-13,22H,14H2,1-2H3,(H,27,31). The Morgan fingerprint density at radius 1 is 1.12 bits per heavy atom. The predicted molar refractivity (Wildman–Crippen MR) is 131 cm³/mol. The summed E-state index contributed by atoms with van der Waals surface area (Å²) < 4.78 is 11.2. The van der Waals surface area contributed by atoms with Crippen molar-refractivity contribution in [2.45, 2.75) is 24.4 Å². The van der Waals surface area contributed by atoms with Crippen LogP contribution in [0.1, 0.15) is 30.2 Å². The molecule has 1 atom stereocenters. The number of nitrogens with one attached hydrogen (secondary N) is 1. The molecule has 0 saturated carbocycles. The lowest BCUT2D eigenvalue weighted by Crippen LogP contribution is -2.45. The Bertz CT molecular complexity index is 1330. The molecule has 9 heteroatoms. The third-order valence-corrected chi connectivity index (χ3v) is 6.69. The van der Waals surface area contributed by atoms with Crippen LogP contribution in [0.5, 0.6) is 0 Å². The number of hydrogen-bond acceptors (Lipinski definition) is 6. The van der Waals surface area contributed by atoms with Crippen molar-refractivity contribution in [3.05, 3.63) is 94.9 Å². The van der Waals surface area contributed by atoms with E-state index in [9.17, 15) is 4.79 Å². The zero-order valence-electron chi connectivity index (χ0n) is 18.5. The van der Waals surface area contributed by atoms with Gasteiger partial charge in [0.1, 0.15) is 5.76 Å². The van der Waals surface area contributed by atoms with E-state index in [1.165, 1.54) is 0 Å². The van der Waals surface area contributed by atoms with E-state index < -0.39 is 6.04 Å². The summed E-state index contributed by atoms with van der Waals surface area (Å²) >= 11 is 7.76. The summed E-state index contributed by atoms with van der Waals surface area (Å²) in [6.45, 7) is 2.15. The molecule has 0 radical (unpaired) electrons. The SMILES string of the molecule is CSc1ccc(-c2noc(C3=C(C)N(Cc4ccco4)C(=O)NC3c3ccc(Cl)cc3)n2)cc1. The van der Waals surface area contributed by atoms with E-state index in [2.05, 4.69) is 15.5 Å². The normalized spacial score (nSPS) is 16.1. The van der Waals surface area contributed by atoms with Gasteiger partial charge < -0.3 is 14.3 Å². The third-order valence-electron chi connectivity index (χ3n) is 5.70. The second kappa shape index (κ2) is 9.40. The van der Waals surface area contributed by atoms with Crippen LogP contribution in [-0.4, -0.2) is 27.3 Å². The van der Waals surface area contributed by atoms with Crippen LogP contribution in [0.15, 0.2) is 86.5 Å². The molecule has 1 aliphatic rings. The molecule has 1 N–H and O–H groups in total. The summed E-state index contributed by atoms with van der Waals surface area (Å²) in [5.41, 5.74) is 3.12. The summed E-state index contributed by atoms with van der Waals surface area (Å²) in [7, 11) is 0. The van der Waals surface area contributed by atoms with E-state index in [4.69, 9.17) is 20.5 Å². The minimum Gasteiger partial charge on any atom is -0.467 e. The number of carbonyl (C=O) groups is 1. The highest BCUT2D eigenvalue weighted by atomic mass is 35.5. The number of carbonyl (C=O) groups excluding carboxylic acids is 1. The van der Waals surface area contributed by atoms with Gasteiger partial charge in [0.25, 0.3) is 5.89 Å². The molecule has 2 amide bonds. The number of aromatic nitrogens is 2. The largest absolute Gasteiger partial charge is 0.467 e. The Morgan fingerprint density at radius 3 is 2.56 bits per heavy atom. The lowest BCUT2D eigenvalue weighted by atomic mass is 9.94. The predicted octanol–water partition coefficient (Wildman–Crippen LogP) is 6.40. The highest BCUT2D eigenvalue weighted by Crippen LogP contribution is 2.38. The van der Waals surface area contributed by atoms with Crippen molar-refractivity contribution in [3.8, 4) is 11.4 Å². The van der Waals surface area contributed by atoms with Crippen LogP contribution in [0.4, 0.5) is 4.79 Å². The lowest BCUT2D eigenvalue weighted by Gasteiger charge is -2.34. The van der Waals surface area contributed by atoms with E-state index in [-0.39, 0.29) is 12.6 Å². The maximum Gasteiger partial charge on any atom is 0.322 e. The number of furan rings is 1. The topological polar surface area (TPSA) is 84.4 Å². The molecule has 5 rings (SSSR count). The van der Waals surface area contributed by atoms with Crippen molar-refractivity contribution in [3.63, 3.8) is 0 Å². The number of thioether (sulfide) groups is 1. The van der Waals surface area contributed by atoms with Crippen LogP contribution >= 0.6 is 23.4 Å². The van der Waals surface area contributed by atoms with Gasteiger partial charge in [0.2, 0.25) is 5.82 Å². The van der Waals surface area contributed by atoms with Crippen molar-refractivity contribution in [2.75, 3.05) is 6.26 Å². The number of nitrogens with zero attached hydrogens (tertiary/aromatic N) is 3. The Morgan fingerprint density at radius 2 is 1.88 bits per heavy atom. The monoisotopic (exact) mass is 492 g/mol. The Hall–Kier alpha value is -3.49. The van der Waals surface area contributed by atoms with Crippen molar-refractivity contribution in [2.24, 2.45) is 0 Å². The van der Waals surface area contributed by atoms with Gasteiger partial charge in [-0.2, -0.15) is 4.98 Å². The summed E-state index contributed by atoms with van der Waals surface area (Å²) in [5.74, 6) is 1.48. The Balaban J connectivity index is 1.58. The lowest BCUT2D eigenvalue weighted by molar-refractivity contribution is 0.199. The zero-order chi connectivity index (χ0) is 23.7. The molecular weight excluding hydrogens is 472 g/mol. The van der Waals surface area contributed by atoms with Crippen LogP contribution in [0.2, 0.25) is 5.02 Å². The number of allylic oxidation sites excluding steroid dienone is 1. The number of urea groups is 1. The van der Waals surface area contributed by atoms with Crippen LogP contribution in [-0.2, 0) is 6.54 Å². The molecule has 0 saturated heterocycles. The maximum atomic E-state index is 13.1. The molecule has 1 aliphatic heterocycles. The van der Waals surface area contributed by atoms with Crippen LogP contribution < -0.4 is 5.32 Å². The fourth-order valence-corrected chi connectivity index (χ4v) is 4.44. The summed E-state index contributed by atoms with van der Waals surface area (Å²) in [6.07, 6.45) is 3.61. The van der Waals surface area contributed by atoms with Gasteiger partial charge in [0.15, 0.2) is 0 Å². The molecule has 0 fully saturated rings. The fourth-order valence-electron chi connectivity index (χ4n) is 3.90. The molecule has 34 heavy (non-hydrogen) atoms. The first-order valence-corrected chi connectivity index (χ1v) is 12.2. The Labute approximate surface area is 205 Å². The minimum atomic E-state index is -0.482. The fraction of sp³-hybridized carbons (Fsp3) is 0.160. The van der Waals surface area contributed by atoms with E-state index in [1.807, 2.05) is 55.6 Å². The second-order valence-electron chi connectivity index (χ2n) is 7.75. The highest BCUT2D eigenvalue weighted by Gasteiger charge is 2.36. The molecule has 7 nitrogen and oxygen atoms in total. The maximum absolute atomic E-state index is 13.1. The van der Waals surface area contributed by atoms with E-state index in [0.717, 1.165) is 16.0 Å². The first-order chi connectivity index (χ1) is 16.5. The number of amides is 2. The molecule has 0 spiro atoms. The Kier molecular flexibility index (Phi) is 6.17. The molecule has 2 aromatic heterocycles.